The molecule has 1 heterocycles. The third-order valence-corrected chi connectivity index (χ3v) is 5.18. The van der Waals surface area contributed by atoms with Crippen molar-refractivity contribution in [2.75, 3.05) is 6.54 Å². The molecule has 1 amide bonds. The van der Waals surface area contributed by atoms with Crippen LogP contribution in [0.2, 0.25) is 0 Å². The molecule has 2 aromatic rings. The Hall–Kier alpha value is -1.56. The van der Waals surface area contributed by atoms with Gasteiger partial charge in [-0.2, -0.15) is 0 Å². The minimum Gasteiger partial charge on any atom is -0.489 e. The van der Waals surface area contributed by atoms with Gasteiger partial charge in [0.15, 0.2) is 0 Å². The van der Waals surface area contributed by atoms with E-state index in [-0.39, 0.29) is 5.91 Å². The second kappa shape index (κ2) is 8.01. The number of likely N-dealkylation sites (tertiary alicyclic amines) is 1. The molecule has 3 nitrogen and oxygen atoms in total. The van der Waals surface area contributed by atoms with E-state index in [4.69, 9.17) is 4.74 Å². The fourth-order valence-corrected chi connectivity index (χ4v) is 3.42. The number of ether oxygens (including phenoxy) is 1. The Morgan fingerprint density at radius 1 is 1.21 bits per heavy atom. The van der Waals surface area contributed by atoms with Gasteiger partial charge in [0.25, 0.3) is 5.91 Å². The summed E-state index contributed by atoms with van der Waals surface area (Å²) in [5, 5.41) is 0. The Kier molecular flexibility index (Phi) is 5.76. The van der Waals surface area contributed by atoms with Gasteiger partial charge in [0.05, 0.1) is 0 Å². The van der Waals surface area contributed by atoms with E-state index in [0.29, 0.717) is 12.6 Å². The molecule has 0 bridgehead atoms. The van der Waals surface area contributed by atoms with Gasteiger partial charge in [-0.1, -0.05) is 12.1 Å². The van der Waals surface area contributed by atoms with Crippen molar-refractivity contribution in [1.82, 2.24) is 4.90 Å². The molecule has 0 spiro atoms. The zero-order valence-electron chi connectivity index (χ0n) is 13.9. The predicted octanol–water partition coefficient (Wildman–Crippen LogP) is 4.88. The van der Waals surface area contributed by atoms with Crippen molar-refractivity contribution in [2.24, 2.45) is 0 Å². The monoisotopic (exact) mass is 435 g/mol. The van der Waals surface area contributed by atoms with E-state index in [1.54, 1.807) is 0 Å². The Labute approximate surface area is 157 Å². The number of carbonyl (C=O) groups excluding carboxylic acids is 1. The van der Waals surface area contributed by atoms with E-state index in [0.717, 1.165) is 36.3 Å². The van der Waals surface area contributed by atoms with Gasteiger partial charge in [-0.25, -0.2) is 0 Å². The zero-order chi connectivity index (χ0) is 16.9. The lowest BCUT2D eigenvalue weighted by Crippen LogP contribution is -2.42. The standard InChI is InChI=1S/C20H22INO2/c1-15-5-2-3-12-22(15)20(23)17-7-4-6-16(13-17)14-24-19-10-8-18(21)9-11-19/h4,6-11,13,15H,2-3,5,12,14H2,1H3. The van der Waals surface area contributed by atoms with E-state index in [1.807, 2.05) is 53.4 Å². The molecular formula is C20H22INO2. The molecule has 126 valence electrons. The second-order valence-corrected chi connectivity index (χ2v) is 7.53. The van der Waals surface area contributed by atoms with Gasteiger partial charge >= 0.3 is 0 Å². The molecule has 1 aliphatic rings. The van der Waals surface area contributed by atoms with Gasteiger partial charge in [0.1, 0.15) is 12.4 Å². The summed E-state index contributed by atoms with van der Waals surface area (Å²) >= 11 is 2.27. The molecule has 0 saturated carbocycles. The van der Waals surface area contributed by atoms with Crippen LogP contribution in [0.3, 0.4) is 0 Å². The molecule has 24 heavy (non-hydrogen) atoms. The number of piperidine rings is 1. The highest BCUT2D eigenvalue weighted by molar-refractivity contribution is 14.1. The number of carbonyl (C=O) groups is 1. The Bertz CT molecular complexity index is 699. The lowest BCUT2D eigenvalue weighted by atomic mass is 10.0. The Morgan fingerprint density at radius 2 is 2.00 bits per heavy atom. The zero-order valence-corrected chi connectivity index (χ0v) is 16.0. The van der Waals surface area contributed by atoms with Crippen molar-refractivity contribution in [2.45, 2.75) is 38.8 Å². The summed E-state index contributed by atoms with van der Waals surface area (Å²) in [6.07, 6.45) is 3.42. The van der Waals surface area contributed by atoms with E-state index in [2.05, 4.69) is 29.5 Å². The largest absolute Gasteiger partial charge is 0.489 e. The number of hydrogen-bond acceptors (Lipinski definition) is 2. The van der Waals surface area contributed by atoms with Gasteiger partial charge in [-0.05, 0) is 90.7 Å². The van der Waals surface area contributed by atoms with Crippen LogP contribution < -0.4 is 4.74 Å². The second-order valence-electron chi connectivity index (χ2n) is 6.29. The first-order valence-corrected chi connectivity index (χ1v) is 9.49. The van der Waals surface area contributed by atoms with Gasteiger partial charge in [0, 0.05) is 21.7 Å². The van der Waals surface area contributed by atoms with Gasteiger partial charge in [0.2, 0.25) is 0 Å². The van der Waals surface area contributed by atoms with Gasteiger partial charge < -0.3 is 9.64 Å². The third kappa shape index (κ3) is 4.29. The number of hydrogen-bond donors (Lipinski definition) is 0. The summed E-state index contributed by atoms with van der Waals surface area (Å²) in [6, 6.07) is 16.1. The first kappa shape index (κ1) is 17.3. The highest BCUT2D eigenvalue weighted by atomic mass is 127. The highest BCUT2D eigenvalue weighted by Crippen LogP contribution is 2.20. The fraction of sp³-hybridized carbons (Fsp3) is 0.350. The van der Waals surface area contributed by atoms with Gasteiger partial charge in [-0.3, -0.25) is 4.79 Å². The molecule has 1 atom stereocenters. The lowest BCUT2D eigenvalue weighted by molar-refractivity contribution is 0.0635. The third-order valence-electron chi connectivity index (χ3n) is 4.46. The average Bonchev–Trinajstić information content (AvgIpc) is 2.61. The molecule has 2 aromatic carbocycles. The maximum atomic E-state index is 12.8. The number of rotatable bonds is 4. The van der Waals surface area contributed by atoms with Crippen LogP contribution >= 0.6 is 22.6 Å². The maximum absolute atomic E-state index is 12.8. The summed E-state index contributed by atoms with van der Waals surface area (Å²) in [7, 11) is 0. The minimum atomic E-state index is 0.137. The first-order valence-electron chi connectivity index (χ1n) is 8.42. The molecule has 1 unspecified atom stereocenters. The Balaban J connectivity index is 1.67. The smallest absolute Gasteiger partial charge is 0.254 e. The average molecular weight is 435 g/mol. The number of nitrogens with zero attached hydrogens (tertiary/aromatic N) is 1. The minimum absolute atomic E-state index is 0.137. The van der Waals surface area contributed by atoms with Crippen LogP contribution in [0.25, 0.3) is 0 Å². The van der Waals surface area contributed by atoms with Crippen molar-refractivity contribution < 1.29 is 9.53 Å². The van der Waals surface area contributed by atoms with E-state index < -0.39 is 0 Å². The molecule has 3 rings (SSSR count). The van der Waals surface area contributed by atoms with Crippen molar-refractivity contribution in [3.8, 4) is 5.75 Å². The maximum Gasteiger partial charge on any atom is 0.254 e. The number of benzene rings is 2. The van der Waals surface area contributed by atoms with Crippen LogP contribution in [0.1, 0.15) is 42.1 Å². The van der Waals surface area contributed by atoms with Crippen molar-refractivity contribution in [3.05, 3.63) is 63.2 Å². The molecule has 0 radical (unpaired) electrons. The summed E-state index contributed by atoms with van der Waals surface area (Å²) < 4.78 is 7.00. The molecule has 0 N–H and O–H groups in total. The normalized spacial score (nSPS) is 17.6. The van der Waals surface area contributed by atoms with Crippen LogP contribution in [-0.4, -0.2) is 23.4 Å². The SMILES string of the molecule is CC1CCCCN1C(=O)c1cccc(COc2ccc(I)cc2)c1. The van der Waals surface area contributed by atoms with Crippen molar-refractivity contribution >= 4 is 28.5 Å². The molecule has 1 fully saturated rings. The van der Waals surface area contributed by atoms with Gasteiger partial charge in [-0.15, -0.1) is 0 Å². The van der Waals surface area contributed by atoms with Crippen molar-refractivity contribution in [3.63, 3.8) is 0 Å². The topological polar surface area (TPSA) is 29.5 Å². The number of amides is 1. The van der Waals surface area contributed by atoms with Crippen LogP contribution in [0.15, 0.2) is 48.5 Å². The molecule has 0 aliphatic carbocycles. The predicted molar refractivity (Wildman–Crippen MR) is 104 cm³/mol. The van der Waals surface area contributed by atoms with Crippen LogP contribution in [0, 0.1) is 3.57 Å². The van der Waals surface area contributed by atoms with Crippen LogP contribution in [-0.2, 0) is 6.61 Å². The van der Waals surface area contributed by atoms with Crippen LogP contribution in [0.5, 0.6) is 5.75 Å². The fourth-order valence-electron chi connectivity index (χ4n) is 3.06. The Morgan fingerprint density at radius 3 is 2.75 bits per heavy atom. The number of halogens is 1. The van der Waals surface area contributed by atoms with Crippen LogP contribution in [0.4, 0.5) is 0 Å². The molecule has 1 saturated heterocycles. The van der Waals surface area contributed by atoms with E-state index in [9.17, 15) is 4.79 Å². The quantitative estimate of drug-likeness (QED) is 0.641. The molecular weight excluding hydrogens is 413 g/mol. The lowest BCUT2D eigenvalue weighted by Gasteiger charge is -2.33. The summed E-state index contributed by atoms with van der Waals surface area (Å²) in [5.74, 6) is 0.982. The molecule has 0 aromatic heterocycles. The summed E-state index contributed by atoms with van der Waals surface area (Å²) in [4.78, 5) is 14.8. The van der Waals surface area contributed by atoms with E-state index >= 15 is 0 Å². The van der Waals surface area contributed by atoms with Crippen molar-refractivity contribution in [1.29, 1.82) is 0 Å². The first-order chi connectivity index (χ1) is 11.6. The highest BCUT2D eigenvalue weighted by Gasteiger charge is 2.24. The van der Waals surface area contributed by atoms with E-state index in [1.165, 1.54) is 9.99 Å². The molecule has 4 heteroatoms. The summed E-state index contributed by atoms with van der Waals surface area (Å²) in [5.41, 5.74) is 1.77. The summed E-state index contributed by atoms with van der Waals surface area (Å²) in [6.45, 7) is 3.47. The molecule has 1 aliphatic heterocycles.